The molecule has 19 heavy (non-hydrogen) atoms. The molecule has 0 atom stereocenters. The fraction of sp³-hybridized carbons (Fsp3) is 0.0667. The summed E-state index contributed by atoms with van der Waals surface area (Å²) in [6, 6.07) is 12.0. The van der Waals surface area contributed by atoms with E-state index in [1.165, 1.54) is 0 Å². The molecule has 2 heterocycles. The molecule has 0 unspecified atom stereocenters. The van der Waals surface area contributed by atoms with Crippen LogP contribution in [0.25, 0.3) is 22.6 Å². The normalized spacial score (nSPS) is 10.6. The molecule has 0 spiro atoms. The van der Waals surface area contributed by atoms with Crippen LogP contribution in [-0.2, 0) is 0 Å². The van der Waals surface area contributed by atoms with E-state index in [4.69, 9.17) is 16.6 Å². The smallest absolute Gasteiger partial charge is 0.142 e. The predicted octanol–water partition coefficient (Wildman–Crippen LogP) is 4.37. The van der Waals surface area contributed by atoms with Gasteiger partial charge >= 0.3 is 0 Å². The Morgan fingerprint density at radius 2 is 1.89 bits per heavy atom. The topological polar surface area (TPSA) is 41.8 Å². The van der Waals surface area contributed by atoms with Gasteiger partial charge < -0.3 is 9.40 Å². The minimum absolute atomic E-state index is 0.605. The average molecular weight is 268 g/mol. The number of hydrogen-bond acceptors (Lipinski definition) is 3. The average Bonchev–Trinajstić information content (AvgIpc) is 2.97. The molecule has 0 amide bonds. The number of aromatic amines is 1. The highest BCUT2D eigenvalue weighted by Gasteiger charge is 2.09. The zero-order valence-corrected chi connectivity index (χ0v) is 11.2. The van der Waals surface area contributed by atoms with E-state index in [0.29, 0.717) is 4.64 Å². The zero-order valence-electron chi connectivity index (χ0n) is 10.4. The van der Waals surface area contributed by atoms with Gasteiger partial charge in [-0.25, -0.2) is 4.98 Å². The molecule has 0 bridgehead atoms. The second-order valence-electron chi connectivity index (χ2n) is 4.27. The first kappa shape index (κ1) is 11.9. The third kappa shape index (κ3) is 2.22. The molecule has 94 valence electrons. The Labute approximate surface area is 116 Å². The summed E-state index contributed by atoms with van der Waals surface area (Å²) in [7, 11) is 0. The van der Waals surface area contributed by atoms with Gasteiger partial charge in [-0.1, -0.05) is 42.5 Å². The van der Waals surface area contributed by atoms with Gasteiger partial charge in [0.25, 0.3) is 0 Å². The van der Waals surface area contributed by atoms with E-state index in [2.05, 4.69) is 9.97 Å². The van der Waals surface area contributed by atoms with Crippen molar-refractivity contribution in [2.45, 2.75) is 6.92 Å². The molecule has 3 aromatic rings. The summed E-state index contributed by atoms with van der Waals surface area (Å²) in [6.07, 6.45) is 3.27. The maximum Gasteiger partial charge on any atom is 0.142 e. The molecule has 0 radical (unpaired) electrons. The lowest BCUT2D eigenvalue weighted by molar-refractivity contribution is 0.568. The molecule has 0 saturated heterocycles. The second-order valence-corrected chi connectivity index (χ2v) is 4.66. The first-order valence-corrected chi connectivity index (χ1v) is 6.35. The monoisotopic (exact) mass is 268 g/mol. The Morgan fingerprint density at radius 1 is 1.11 bits per heavy atom. The van der Waals surface area contributed by atoms with Gasteiger partial charge in [-0.3, -0.25) is 0 Å². The summed E-state index contributed by atoms with van der Waals surface area (Å²) in [6.45, 7) is 1.98. The van der Waals surface area contributed by atoms with Crippen LogP contribution in [0.15, 0.2) is 53.3 Å². The fourth-order valence-electron chi connectivity index (χ4n) is 1.96. The molecule has 0 aliphatic rings. The van der Waals surface area contributed by atoms with Crippen molar-refractivity contribution in [3.05, 3.63) is 59.1 Å². The Kier molecular flexibility index (Phi) is 3.01. The van der Waals surface area contributed by atoms with E-state index in [-0.39, 0.29) is 0 Å². The third-order valence-electron chi connectivity index (χ3n) is 3.01. The van der Waals surface area contributed by atoms with Crippen molar-refractivity contribution >= 4 is 12.2 Å². The van der Waals surface area contributed by atoms with Crippen molar-refractivity contribution in [2.24, 2.45) is 0 Å². The molecule has 0 aliphatic carbocycles. The third-order valence-corrected chi connectivity index (χ3v) is 3.41. The van der Waals surface area contributed by atoms with E-state index in [1.807, 2.05) is 43.3 Å². The Bertz CT molecular complexity index is 746. The summed E-state index contributed by atoms with van der Waals surface area (Å²) in [4.78, 5) is 7.74. The fourth-order valence-corrected chi connectivity index (χ4v) is 2.16. The number of nitrogens with zero attached hydrogens (tertiary/aromatic N) is 1. The van der Waals surface area contributed by atoms with Crippen molar-refractivity contribution in [2.75, 3.05) is 0 Å². The number of furan rings is 1. The second kappa shape index (κ2) is 4.82. The Balaban J connectivity index is 2.23. The van der Waals surface area contributed by atoms with Crippen molar-refractivity contribution in [1.29, 1.82) is 0 Å². The van der Waals surface area contributed by atoms with Gasteiger partial charge in [0.2, 0.25) is 0 Å². The number of nitrogens with one attached hydrogen (secondary N) is 1. The lowest BCUT2D eigenvalue weighted by atomic mass is 10.1. The summed E-state index contributed by atoms with van der Waals surface area (Å²) in [5, 5.41) is 0. The summed E-state index contributed by atoms with van der Waals surface area (Å²) in [5.74, 6) is 0.725. The first-order chi connectivity index (χ1) is 9.25. The zero-order chi connectivity index (χ0) is 13.2. The van der Waals surface area contributed by atoms with E-state index in [9.17, 15) is 0 Å². The highest BCUT2D eigenvalue weighted by Crippen LogP contribution is 2.24. The van der Waals surface area contributed by atoms with Gasteiger partial charge in [-0.2, -0.15) is 0 Å². The number of rotatable bonds is 2. The van der Waals surface area contributed by atoms with Crippen LogP contribution in [0.2, 0.25) is 0 Å². The molecular formula is C15H12N2OS. The predicted molar refractivity (Wildman–Crippen MR) is 77.3 cm³/mol. The number of H-pyrrole nitrogens is 1. The van der Waals surface area contributed by atoms with Crippen LogP contribution in [-0.4, -0.2) is 9.97 Å². The summed E-state index contributed by atoms with van der Waals surface area (Å²) in [5.41, 5.74) is 3.96. The molecule has 2 aromatic heterocycles. The standard InChI is InChI=1S/C15H12N2OS/c1-10-13(11-5-3-2-4-6-11)16-14(17-15(10)19)12-7-8-18-9-12/h2-9H,1H3,(H,16,17,19). The van der Waals surface area contributed by atoms with Gasteiger partial charge in [-0.05, 0) is 18.6 Å². The van der Waals surface area contributed by atoms with Gasteiger partial charge in [0.15, 0.2) is 0 Å². The van der Waals surface area contributed by atoms with E-state index in [1.54, 1.807) is 12.5 Å². The van der Waals surface area contributed by atoms with E-state index >= 15 is 0 Å². The van der Waals surface area contributed by atoms with Crippen LogP contribution in [0.5, 0.6) is 0 Å². The lowest BCUT2D eigenvalue weighted by Crippen LogP contribution is -1.96. The summed E-state index contributed by atoms with van der Waals surface area (Å²) < 4.78 is 5.70. The van der Waals surface area contributed by atoms with Crippen LogP contribution in [0.3, 0.4) is 0 Å². The van der Waals surface area contributed by atoms with Crippen LogP contribution in [0.1, 0.15) is 5.56 Å². The molecule has 0 saturated carbocycles. The van der Waals surface area contributed by atoms with Crippen molar-refractivity contribution in [1.82, 2.24) is 9.97 Å². The van der Waals surface area contributed by atoms with Gasteiger partial charge in [0.1, 0.15) is 16.7 Å². The molecule has 3 rings (SSSR count). The molecule has 0 fully saturated rings. The van der Waals surface area contributed by atoms with Crippen LogP contribution in [0, 0.1) is 11.6 Å². The van der Waals surface area contributed by atoms with Crippen molar-refractivity contribution in [3.8, 4) is 22.6 Å². The van der Waals surface area contributed by atoms with Gasteiger partial charge in [-0.15, -0.1) is 0 Å². The first-order valence-electron chi connectivity index (χ1n) is 5.94. The SMILES string of the molecule is Cc1c(-c2ccccc2)[nH]c(-c2ccoc2)nc1=S. The molecule has 1 N–H and O–H groups in total. The Hall–Kier alpha value is -2.20. The van der Waals surface area contributed by atoms with Crippen molar-refractivity contribution < 1.29 is 4.42 Å². The molecule has 3 nitrogen and oxygen atoms in total. The molecular weight excluding hydrogens is 256 g/mol. The number of hydrogen-bond donors (Lipinski definition) is 1. The maximum atomic E-state index is 5.34. The van der Waals surface area contributed by atoms with Gasteiger partial charge in [0.05, 0.1) is 17.5 Å². The quantitative estimate of drug-likeness (QED) is 0.701. The number of aromatic nitrogens is 2. The van der Waals surface area contributed by atoms with Gasteiger partial charge in [0, 0.05) is 5.56 Å². The minimum atomic E-state index is 0.605. The van der Waals surface area contributed by atoms with Crippen molar-refractivity contribution in [3.63, 3.8) is 0 Å². The number of benzene rings is 1. The summed E-state index contributed by atoms with van der Waals surface area (Å²) >= 11 is 5.34. The van der Waals surface area contributed by atoms with E-state index < -0.39 is 0 Å². The minimum Gasteiger partial charge on any atom is -0.472 e. The van der Waals surface area contributed by atoms with Crippen LogP contribution < -0.4 is 0 Å². The largest absolute Gasteiger partial charge is 0.472 e. The maximum absolute atomic E-state index is 5.34. The van der Waals surface area contributed by atoms with E-state index in [0.717, 1.165) is 28.2 Å². The highest BCUT2D eigenvalue weighted by atomic mass is 32.1. The molecule has 4 heteroatoms. The van der Waals surface area contributed by atoms with Crippen LogP contribution in [0.4, 0.5) is 0 Å². The van der Waals surface area contributed by atoms with Crippen LogP contribution >= 0.6 is 12.2 Å². The molecule has 1 aromatic carbocycles. The Morgan fingerprint density at radius 3 is 2.58 bits per heavy atom. The lowest BCUT2D eigenvalue weighted by Gasteiger charge is -2.08. The molecule has 0 aliphatic heterocycles. The highest BCUT2D eigenvalue weighted by molar-refractivity contribution is 7.71.